The van der Waals surface area contributed by atoms with Crippen molar-refractivity contribution in [3.8, 4) is 12.1 Å². The monoisotopic (exact) mass is 555 g/mol. The summed E-state index contributed by atoms with van der Waals surface area (Å²) < 4.78 is 16.3. The summed E-state index contributed by atoms with van der Waals surface area (Å²) in [6.07, 6.45) is 10.1. The lowest BCUT2D eigenvalue weighted by molar-refractivity contribution is -0.148. The second-order valence-corrected chi connectivity index (χ2v) is 13.0. The number of Topliss-reactive ketones (excluding diaryl/α,β-unsaturated/α-hetero) is 1. The number of benzene rings is 2. The average Bonchev–Trinajstić information content (AvgIpc) is 3.19. The first-order valence-electron chi connectivity index (χ1n) is 13.3. The third-order valence-corrected chi connectivity index (χ3v) is 10.6. The van der Waals surface area contributed by atoms with Gasteiger partial charge in [-0.05, 0) is 97.2 Å². The SMILES string of the molecule is N#CC1(C#N)C(c2cc(Br)ccc2F)C(C(=O)C23CC4CC(CC(C4)C2)C3)N2C=Cc3ccccc3C21. The number of nitriles is 2. The van der Waals surface area contributed by atoms with E-state index in [1.54, 1.807) is 12.1 Å². The summed E-state index contributed by atoms with van der Waals surface area (Å²) in [5.41, 5.74) is -0.0492. The van der Waals surface area contributed by atoms with Gasteiger partial charge in [-0.15, -0.1) is 0 Å². The van der Waals surface area contributed by atoms with E-state index in [4.69, 9.17) is 0 Å². The molecular weight excluding hydrogens is 529 g/mol. The fraction of sp³-hybridized carbons (Fsp3) is 0.452. The van der Waals surface area contributed by atoms with Gasteiger partial charge in [-0.25, -0.2) is 4.39 Å². The van der Waals surface area contributed by atoms with Crippen molar-refractivity contribution < 1.29 is 9.18 Å². The van der Waals surface area contributed by atoms with Crippen LogP contribution in [0.3, 0.4) is 0 Å². The molecule has 3 unspecified atom stereocenters. The first-order chi connectivity index (χ1) is 17.9. The Labute approximate surface area is 224 Å². The zero-order valence-electron chi connectivity index (χ0n) is 20.4. The number of nitrogens with zero attached hydrogens (tertiary/aromatic N) is 3. The van der Waals surface area contributed by atoms with E-state index >= 15 is 4.39 Å². The minimum atomic E-state index is -1.63. The molecule has 1 saturated heterocycles. The molecule has 37 heavy (non-hydrogen) atoms. The zero-order chi connectivity index (χ0) is 25.5. The van der Waals surface area contributed by atoms with Gasteiger partial charge in [0.05, 0.1) is 24.2 Å². The third-order valence-electron chi connectivity index (χ3n) is 10.1. The van der Waals surface area contributed by atoms with Crippen LogP contribution in [0.5, 0.6) is 0 Å². The van der Waals surface area contributed by atoms with Crippen molar-refractivity contribution in [3.63, 3.8) is 0 Å². The number of hydrogen-bond acceptors (Lipinski definition) is 4. The second-order valence-electron chi connectivity index (χ2n) is 12.0. The molecule has 0 radical (unpaired) electrons. The molecule has 2 aromatic carbocycles. The Balaban J connectivity index is 1.45. The maximum Gasteiger partial charge on any atom is 0.177 e. The van der Waals surface area contributed by atoms with Crippen LogP contribution in [0, 0.1) is 57.1 Å². The molecule has 0 N–H and O–H groups in total. The number of carbonyl (C=O) groups excluding carboxylic acids is 1. The summed E-state index contributed by atoms with van der Waals surface area (Å²) in [5.74, 6) is 0.426. The third kappa shape index (κ3) is 3.12. The molecule has 0 aromatic heterocycles. The number of hydrogen-bond donors (Lipinski definition) is 0. The molecule has 3 atom stereocenters. The number of rotatable bonds is 3. The van der Waals surface area contributed by atoms with Crippen LogP contribution >= 0.6 is 15.9 Å². The van der Waals surface area contributed by atoms with Crippen molar-refractivity contribution in [1.29, 1.82) is 10.5 Å². The molecule has 2 aliphatic heterocycles. The van der Waals surface area contributed by atoms with Crippen LogP contribution in [-0.2, 0) is 4.79 Å². The molecule has 5 fully saturated rings. The molecule has 4 nitrogen and oxygen atoms in total. The highest BCUT2D eigenvalue weighted by molar-refractivity contribution is 9.10. The van der Waals surface area contributed by atoms with Gasteiger partial charge in [-0.2, -0.15) is 10.5 Å². The highest BCUT2D eigenvalue weighted by Crippen LogP contribution is 2.65. The first-order valence-corrected chi connectivity index (χ1v) is 14.0. The highest BCUT2D eigenvalue weighted by Gasteiger charge is 2.67. The summed E-state index contributed by atoms with van der Waals surface area (Å²) in [5, 5.41) is 21.5. The van der Waals surface area contributed by atoms with Crippen molar-refractivity contribution in [1.82, 2.24) is 4.90 Å². The van der Waals surface area contributed by atoms with Gasteiger partial charge in [0.2, 0.25) is 0 Å². The summed E-state index contributed by atoms with van der Waals surface area (Å²) >= 11 is 3.47. The zero-order valence-corrected chi connectivity index (χ0v) is 22.0. The average molecular weight is 556 g/mol. The normalized spacial score (nSPS) is 35.9. The fourth-order valence-corrected chi connectivity index (χ4v) is 9.50. The fourth-order valence-electron chi connectivity index (χ4n) is 9.12. The van der Waals surface area contributed by atoms with Crippen LogP contribution in [0.2, 0.25) is 0 Å². The van der Waals surface area contributed by atoms with Crippen molar-refractivity contribution in [2.45, 2.75) is 56.5 Å². The molecule has 4 bridgehead atoms. The van der Waals surface area contributed by atoms with Gasteiger partial charge in [0.15, 0.2) is 11.2 Å². The lowest BCUT2D eigenvalue weighted by Crippen LogP contribution is -2.55. The van der Waals surface area contributed by atoms with Crippen LogP contribution in [0.4, 0.5) is 4.39 Å². The van der Waals surface area contributed by atoms with E-state index in [2.05, 4.69) is 28.1 Å². The molecule has 6 heteroatoms. The number of ketones is 1. The Morgan fingerprint density at radius 2 is 1.62 bits per heavy atom. The Morgan fingerprint density at radius 3 is 2.27 bits per heavy atom. The Bertz CT molecular complexity index is 1390. The van der Waals surface area contributed by atoms with Crippen LogP contribution in [-0.4, -0.2) is 16.7 Å². The van der Waals surface area contributed by atoms with E-state index in [1.807, 2.05) is 41.4 Å². The standard InChI is InChI=1S/C31H27BrFN3O/c32-22-5-6-25(33)24(12-22)26-27(29(37)30-13-18-9-19(14-30)11-20(10-18)15-30)36-8-7-21-3-1-2-4-23(21)28(36)31(26,16-34)17-35/h1-8,12,18-20,26-28H,9-11,13-15H2. The predicted octanol–water partition coefficient (Wildman–Crippen LogP) is 6.90. The molecule has 0 amide bonds. The summed E-state index contributed by atoms with van der Waals surface area (Å²) in [4.78, 5) is 16.9. The summed E-state index contributed by atoms with van der Waals surface area (Å²) in [7, 11) is 0. The first kappa shape index (κ1) is 23.2. The van der Waals surface area contributed by atoms with Crippen LogP contribution in [0.25, 0.3) is 6.08 Å². The molecule has 0 spiro atoms. The number of fused-ring (bicyclic) bond motifs is 3. The van der Waals surface area contributed by atoms with E-state index in [0.29, 0.717) is 22.2 Å². The molecule has 2 heterocycles. The van der Waals surface area contributed by atoms with E-state index in [-0.39, 0.29) is 11.3 Å². The van der Waals surface area contributed by atoms with Crippen LogP contribution in [0.1, 0.15) is 67.2 Å². The minimum Gasteiger partial charge on any atom is -0.357 e. The Morgan fingerprint density at radius 1 is 0.973 bits per heavy atom. The summed E-state index contributed by atoms with van der Waals surface area (Å²) in [6, 6.07) is 15.6. The van der Waals surface area contributed by atoms with Crippen LogP contribution < -0.4 is 0 Å². The molecule has 8 rings (SSSR count). The van der Waals surface area contributed by atoms with Crippen molar-refractivity contribution in [3.05, 3.63) is 75.6 Å². The van der Waals surface area contributed by atoms with Gasteiger partial charge >= 0.3 is 0 Å². The molecule has 6 aliphatic rings. The minimum absolute atomic E-state index is 0.109. The smallest absolute Gasteiger partial charge is 0.177 e. The molecule has 2 aromatic rings. The lowest BCUT2D eigenvalue weighted by Gasteiger charge is -2.57. The maximum atomic E-state index is 15.6. The molecule has 4 saturated carbocycles. The van der Waals surface area contributed by atoms with Crippen molar-refractivity contribution in [2.75, 3.05) is 0 Å². The number of carbonyl (C=O) groups is 1. The topological polar surface area (TPSA) is 67.9 Å². The van der Waals surface area contributed by atoms with Crippen molar-refractivity contribution in [2.24, 2.45) is 28.6 Å². The van der Waals surface area contributed by atoms with E-state index in [1.165, 1.54) is 25.3 Å². The Hall–Kier alpha value is -2.96. The van der Waals surface area contributed by atoms with Gasteiger partial charge < -0.3 is 4.90 Å². The van der Waals surface area contributed by atoms with E-state index in [9.17, 15) is 15.3 Å². The van der Waals surface area contributed by atoms with Gasteiger partial charge in [0.25, 0.3) is 0 Å². The molecule has 4 aliphatic carbocycles. The van der Waals surface area contributed by atoms with Gasteiger partial charge in [0.1, 0.15) is 5.82 Å². The maximum absolute atomic E-state index is 15.6. The number of halogens is 2. The Kier molecular flexibility index (Phi) is 5.02. The second kappa shape index (κ2) is 8.02. The summed E-state index contributed by atoms with van der Waals surface area (Å²) in [6.45, 7) is 0. The van der Waals surface area contributed by atoms with Crippen molar-refractivity contribution >= 4 is 27.8 Å². The molecular formula is C31H27BrFN3O. The highest BCUT2D eigenvalue weighted by atomic mass is 79.9. The van der Waals surface area contributed by atoms with E-state index in [0.717, 1.165) is 30.4 Å². The van der Waals surface area contributed by atoms with E-state index < -0.39 is 34.6 Å². The molecule has 186 valence electrons. The van der Waals surface area contributed by atoms with Gasteiger partial charge in [0, 0.05) is 22.0 Å². The largest absolute Gasteiger partial charge is 0.357 e. The van der Waals surface area contributed by atoms with Crippen LogP contribution in [0.15, 0.2) is 53.1 Å². The van der Waals surface area contributed by atoms with Gasteiger partial charge in [-0.1, -0.05) is 40.2 Å². The quantitative estimate of drug-likeness (QED) is 0.413. The lowest BCUT2D eigenvalue weighted by atomic mass is 9.47. The van der Waals surface area contributed by atoms with Gasteiger partial charge in [-0.3, -0.25) is 4.79 Å². The predicted molar refractivity (Wildman–Crippen MR) is 140 cm³/mol.